The number of imide groups is 1. The van der Waals surface area contributed by atoms with E-state index in [1.807, 2.05) is 38.1 Å². The van der Waals surface area contributed by atoms with Crippen LogP contribution in [0.1, 0.15) is 43.8 Å². The smallest absolute Gasteiger partial charge is 0.293 e. The Morgan fingerprint density at radius 3 is 2.15 bits per heavy atom. The maximum absolute atomic E-state index is 12.9. The van der Waals surface area contributed by atoms with Gasteiger partial charge in [-0.1, -0.05) is 41.6 Å². The maximum Gasteiger partial charge on any atom is 0.293 e. The Morgan fingerprint density at radius 2 is 1.64 bits per heavy atom. The number of amides is 2. The van der Waals surface area contributed by atoms with Gasteiger partial charge in [-0.25, -0.2) is 0 Å². The van der Waals surface area contributed by atoms with E-state index in [1.54, 1.807) is 24.3 Å². The Kier molecular flexibility index (Phi) is 5.73. The van der Waals surface area contributed by atoms with E-state index in [2.05, 4.69) is 10.4 Å². The normalized spacial score (nSPS) is 13.7. The lowest BCUT2D eigenvalue weighted by molar-refractivity contribution is -0.776. The van der Waals surface area contributed by atoms with Crippen molar-refractivity contribution in [2.45, 2.75) is 19.9 Å². The molecule has 2 amide bonds. The van der Waals surface area contributed by atoms with Crippen molar-refractivity contribution >= 4 is 17.7 Å². The van der Waals surface area contributed by atoms with Crippen LogP contribution in [0, 0.1) is 13.8 Å². The van der Waals surface area contributed by atoms with Gasteiger partial charge in [-0.2, -0.15) is 0 Å². The van der Waals surface area contributed by atoms with Crippen molar-refractivity contribution in [2.75, 3.05) is 12.3 Å². The number of nitrogen functional groups attached to an aromatic ring is 1. The van der Waals surface area contributed by atoms with Gasteiger partial charge < -0.3 is 22.7 Å². The zero-order valence-electron chi connectivity index (χ0n) is 17.9. The number of rotatable bonds is 5. The first-order chi connectivity index (χ1) is 15.4. The molecule has 0 bridgehead atoms. The summed E-state index contributed by atoms with van der Waals surface area (Å²) in [5, 5.41) is 7.98. The minimum Gasteiger partial charge on any atom is -1.00 e. The van der Waals surface area contributed by atoms with Gasteiger partial charge in [-0.3, -0.25) is 19.0 Å². The first kappa shape index (κ1) is 22.2. The number of hydrogen-bond acceptors (Lipinski definition) is 7. The van der Waals surface area contributed by atoms with Gasteiger partial charge in [0.15, 0.2) is 0 Å². The topological polar surface area (TPSA) is 119 Å². The zero-order valence-corrected chi connectivity index (χ0v) is 18.6. The van der Waals surface area contributed by atoms with Crippen LogP contribution in [0.3, 0.4) is 0 Å². The lowest BCUT2D eigenvalue weighted by Gasteiger charge is -2.17. The van der Waals surface area contributed by atoms with Crippen LogP contribution in [0.4, 0.5) is 5.88 Å². The molecule has 3 heterocycles. The molecule has 2 N–H and O–H groups in total. The summed E-state index contributed by atoms with van der Waals surface area (Å²) in [5.74, 6) is 0.196. The molecule has 0 spiro atoms. The highest BCUT2D eigenvalue weighted by Crippen LogP contribution is 2.29. The molecule has 1 aliphatic rings. The molecule has 1 atom stereocenters. The number of fused-ring (bicyclic) bond motifs is 1. The summed E-state index contributed by atoms with van der Waals surface area (Å²) in [7, 11) is 0. The minimum atomic E-state index is -0.489. The number of hydrogen-bond donors (Lipinski definition) is 1. The summed E-state index contributed by atoms with van der Waals surface area (Å²) in [4.78, 5) is 27.0. The largest absolute Gasteiger partial charge is 1.00 e. The zero-order chi connectivity index (χ0) is 22.4. The second kappa shape index (κ2) is 8.51. The van der Waals surface area contributed by atoms with E-state index in [-0.39, 0.29) is 36.7 Å². The van der Waals surface area contributed by atoms with Gasteiger partial charge in [-0.15, -0.1) is 0 Å². The summed E-state index contributed by atoms with van der Waals surface area (Å²) >= 11 is 0. The van der Waals surface area contributed by atoms with Gasteiger partial charge >= 0.3 is 0 Å². The van der Waals surface area contributed by atoms with Crippen molar-refractivity contribution < 1.29 is 35.7 Å². The van der Waals surface area contributed by atoms with Crippen molar-refractivity contribution in [1.82, 2.24) is 15.3 Å². The van der Waals surface area contributed by atoms with Crippen LogP contribution >= 0.6 is 0 Å². The molecule has 5 rings (SSSR count). The Morgan fingerprint density at radius 1 is 1.00 bits per heavy atom. The van der Waals surface area contributed by atoms with Crippen molar-refractivity contribution in [3.8, 4) is 11.1 Å². The molecular formula is C23H20ClN5O4. The lowest BCUT2D eigenvalue weighted by atomic mass is 9.99. The number of carbonyl (C=O) groups is 2. The fraction of sp³-hybridized carbons (Fsp3) is 0.174. The van der Waals surface area contributed by atoms with Crippen LogP contribution in [0.2, 0.25) is 0 Å². The van der Waals surface area contributed by atoms with E-state index < -0.39 is 6.04 Å². The minimum absolute atomic E-state index is 0. The van der Waals surface area contributed by atoms with Crippen molar-refractivity contribution in [3.05, 3.63) is 82.9 Å². The third-order valence-corrected chi connectivity index (χ3v) is 5.67. The van der Waals surface area contributed by atoms with Crippen molar-refractivity contribution in [2.24, 2.45) is 0 Å². The highest BCUT2D eigenvalue weighted by molar-refractivity contribution is 6.21. The summed E-state index contributed by atoms with van der Waals surface area (Å²) in [5.41, 5.74) is 10.0. The second-order valence-electron chi connectivity index (χ2n) is 7.69. The molecule has 0 fully saturated rings. The Balaban J connectivity index is 0.00000259. The highest BCUT2D eigenvalue weighted by atomic mass is 35.5. The average molecular weight is 466 g/mol. The molecule has 1 aliphatic heterocycles. The molecule has 33 heavy (non-hydrogen) atoms. The highest BCUT2D eigenvalue weighted by Gasteiger charge is 2.40. The Labute approximate surface area is 195 Å². The van der Waals surface area contributed by atoms with Crippen LogP contribution < -0.4 is 22.8 Å². The van der Waals surface area contributed by atoms with E-state index in [1.165, 1.54) is 15.8 Å². The summed E-state index contributed by atoms with van der Waals surface area (Å²) in [6.07, 6.45) is 1.53. The van der Waals surface area contributed by atoms with Crippen molar-refractivity contribution in [1.29, 1.82) is 0 Å². The number of benzene rings is 2. The van der Waals surface area contributed by atoms with Gasteiger partial charge in [0, 0.05) is 11.1 Å². The Bertz CT molecular complexity index is 1290. The van der Waals surface area contributed by atoms with E-state index in [0.29, 0.717) is 11.1 Å². The number of aryl methyl sites for hydroxylation is 2. The summed E-state index contributed by atoms with van der Waals surface area (Å²) in [6.45, 7) is 3.83. The quantitative estimate of drug-likeness (QED) is 0.317. The Hall–Kier alpha value is -3.98. The number of anilines is 1. The number of halogens is 1. The van der Waals surface area contributed by atoms with Crippen LogP contribution in [0.15, 0.2) is 63.8 Å². The molecule has 4 aromatic rings. The van der Waals surface area contributed by atoms with E-state index in [4.69, 9.17) is 14.8 Å². The molecule has 0 radical (unpaired) electrons. The van der Waals surface area contributed by atoms with E-state index in [9.17, 15) is 9.59 Å². The average Bonchev–Trinajstić information content (AvgIpc) is 3.44. The molecule has 9 nitrogen and oxygen atoms in total. The van der Waals surface area contributed by atoms with Gasteiger partial charge in [0.2, 0.25) is 11.3 Å². The molecular weight excluding hydrogens is 446 g/mol. The number of carbonyl (C=O) groups excluding carboxylic acids is 2. The molecule has 168 valence electrons. The van der Waals surface area contributed by atoms with E-state index in [0.717, 1.165) is 28.1 Å². The monoisotopic (exact) mass is 465 g/mol. The fourth-order valence-electron chi connectivity index (χ4n) is 4.11. The number of nitrogens with two attached hydrogens (primary N) is 1. The van der Waals surface area contributed by atoms with Gasteiger partial charge in [0.25, 0.3) is 23.9 Å². The third kappa shape index (κ3) is 3.76. The fourth-order valence-corrected chi connectivity index (χ4v) is 4.11. The molecule has 0 saturated carbocycles. The number of nitrogens with zero attached hydrogens (tertiary/aromatic N) is 4. The van der Waals surface area contributed by atoms with Crippen LogP contribution in [-0.2, 0) is 0 Å². The van der Waals surface area contributed by atoms with Crippen LogP contribution in [0.25, 0.3) is 11.1 Å². The van der Waals surface area contributed by atoms with Crippen molar-refractivity contribution in [3.63, 3.8) is 0 Å². The predicted octanol–water partition coefficient (Wildman–Crippen LogP) is -0.294. The first-order valence-electron chi connectivity index (χ1n) is 10.1. The van der Waals surface area contributed by atoms with Gasteiger partial charge in [0.1, 0.15) is 5.76 Å². The second-order valence-corrected chi connectivity index (χ2v) is 7.69. The first-order valence-corrected chi connectivity index (χ1v) is 10.1. The van der Waals surface area contributed by atoms with Crippen LogP contribution in [0.5, 0.6) is 0 Å². The molecule has 2 aromatic carbocycles. The summed E-state index contributed by atoms with van der Waals surface area (Å²) < 4.78 is 11.8. The number of aromatic nitrogens is 3. The molecule has 0 saturated heterocycles. The van der Waals surface area contributed by atoms with Gasteiger partial charge in [-0.05, 0) is 36.2 Å². The SMILES string of the molecule is Cc1noc(C)c1-c1ccc(C(CN2C(=O)c3ccccc3C2=O)[n+]2cc(N)on2)cc1.[Cl-]. The lowest BCUT2D eigenvalue weighted by Crippen LogP contribution is -3.00. The molecule has 0 aliphatic carbocycles. The standard InChI is InChI=1S/C23H20N5O4.ClH/c1-13-21(14(2)31-25-13)16-9-7-15(8-10-16)19(28-12-20(24)32-26-28)11-27-22(29)17-5-3-4-6-18(17)23(27)30;/h3-10,12,19H,11,24H2,1-2H3;1H/q+1;/p-1. The third-order valence-electron chi connectivity index (χ3n) is 5.67. The molecule has 2 aromatic heterocycles. The summed E-state index contributed by atoms with van der Waals surface area (Å²) in [6, 6.07) is 14.0. The maximum atomic E-state index is 12.9. The van der Waals surface area contributed by atoms with Crippen LogP contribution in [-0.4, -0.2) is 33.7 Å². The van der Waals surface area contributed by atoms with E-state index >= 15 is 0 Å². The van der Waals surface area contributed by atoms with Gasteiger partial charge in [0.05, 0.1) is 23.4 Å². The molecule has 1 unspecified atom stereocenters. The molecule has 10 heteroatoms. The predicted molar refractivity (Wildman–Crippen MR) is 112 cm³/mol.